The number of carbonyl (C=O) groups is 1. The molecule has 7 nitrogen and oxygen atoms in total. The van der Waals surface area contributed by atoms with Gasteiger partial charge < -0.3 is 14.6 Å². The Morgan fingerprint density at radius 2 is 2.43 bits per heavy atom. The maximum absolute atomic E-state index is 12.5. The molecule has 2 aromatic heterocycles. The van der Waals surface area contributed by atoms with Crippen molar-refractivity contribution in [1.82, 2.24) is 24.6 Å². The van der Waals surface area contributed by atoms with E-state index in [0.29, 0.717) is 24.8 Å². The van der Waals surface area contributed by atoms with E-state index in [1.807, 2.05) is 6.92 Å². The van der Waals surface area contributed by atoms with E-state index in [-0.39, 0.29) is 18.5 Å². The maximum Gasteiger partial charge on any atom is 0.245 e. The first-order chi connectivity index (χ1) is 10.1. The summed E-state index contributed by atoms with van der Waals surface area (Å²) in [5, 5.41) is 4.55. The number of ether oxygens (including phenoxy) is 1. The van der Waals surface area contributed by atoms with Gasteiger partial charge in [0, 0.05) is 24.6 Å². The predicted molar refractivity (Wildman–Crippen MR) is 75.8 cm³/mol. The van der Waals surface area contributed by atoms with Gasteiger partial charge in [-0.1, -0.05) is 11.6 Å². The highest BCUT2D eigenvalue weighted by Crippen LogP contribution is 2.22. The summed E-state index contributed by atoms with van der Waals surface area (Å²) in [6, 6.07) is -0.189. The average molecular weight is 310 g/mol. The molecule has 2 aromatic rings. The summed E-state index contributed by atoms with van der Waals surface area (Å²) < 4.78 is 7.02. The number of rotatable bonds is 3. The topological polar surface area (TPSA) is 76.0 Å². The van der Waals surface area contributed by atoms with Crippen molar-refractivity contribution in [2.75, 3.05) is 19.8 Å². The summed E-state index contributed by atoms with van der Waals surface area (Å²) in [7, 11) is 0. The van der Waals surface area contributed by atoms with Crippen LogP contribution in [-0.4, -0.2) is 50.3 Å². The number of carbonyl (C=O) groups excluding carboxylic acids is 1. The number of aromatic nitrogens is 4. The van der Waals surface area contributed by atoms with E-state index in [4.69, 9.17) is 16.3 Å². The van der Waals surface area contributed by atoms with Gasteiger partial charge in [-0.3, -0.25) is 9.48 Å². The smallest absolute Gasteiger partial charge is 0.245 e. The van der Waals surface area contributed by atoms with Gasteiger partial charge in [0.05, 0.1) is 24.4 Å². The molecule has 0 spiro atoms. The molecule has 0 saturated carbocycles. The van der Waals surface area contributed by atoms with Crippen molar-refractivity contribution < 1.29 is 9.53 Å². The number of H-pyrrole nitrogens is 1. The molecular weight excluding hydrogens is 294 g/mol. The molecule has 1 N–H and O–H groups in total. The Morgan fingerprint density at radius 3 is 3.10 bits per heavy atom. The zero-order chi connectivity index (χ0) is 14.8. The fourth-order valence-corrected chi connectivity index (χ4v) is 2.54. The highest BCUT2D eigenvalue weighted by atomic mass is 35.5. The van der Waals surface area contributed by atoms with Crippen LogP contribution in [0.4, 0.5) is 0 Å². The number of nitrogens with zero attached hydrogens (tertiary/aromatic N) is 4. The minimum absolute atomic E-state index is 0.0304. The van der Waals surface area contributed by atoms with E-state index >= 15 is 0 Å². The van der Waals surface area contributed by atoms with Crippen LogP contribution < -0.4 is 0 Å². The molecule has 21 heavy (non-hydrogen) atoms. The highest BCUT2D eigenvalue weighted by molar-refractivity contribution is 6.30. The second-order valence-electron chi connectivity index (χ2n) is 4.99. The van der Waals surface area contributed by atoms with E-state index in [0.717, 1.165) is 11.5 Å². The standard InChI is InChI=1S/C13H16ClN5O2/c1-9-4-15-13(17-9)11-8-21-3-2-19(11)12(20)7-18-6-10(14)5-16-18/h4-6,11H,2-3,7-8H2,1H3,(H,15,17)/t11-/m1/s1. The lowest BCUT2D eigenvalue weighted by molar-refractivity contribution is -0.141. The molecule has 3 rings (SSSR count). The Bertz CT molecular complexity index is 638. The van der Waals surface area contributed by atoms with Gasteiger partial charge in [-0.25, -0.2) is 4.98 Å². The molecule has 0 bridgehead atoms. The fraction of sp³-hybridized carbons (Fsp3) is 0.462. The number of morpholine rings is 1. The zero-order valence-electron chi connectivity index (χ0n) is 11.6. The van der Waals surface area contributed by atoms with Crippen molar-refractivity contribution in [1.29, 1.82) is 0 Å². The number of imidazole rings is 1. The monoisotopic (exact) mass is 309 g/mol. The number of hydrogen-bond donors (Lipinski definition) is 1. The number of hydrogen-bond acceptors (Lipinski definition) is 4. The summed E-state index contributed by atoms with van der Waals surface area (Å²) in [4.78, 5) is 21.7. The summed E-state index contributed by atoms with van der Waals surface area (Å²) in [6.07, 6.45) is 4.90. The van der Waals surface area contributed by atoms with Crippen molar-refractivity contribution in [2.45, 2.75) is 19.5 Å². The molecule has 3 heterocycles. The van der Waals surface area contributed by atoms with Crippen molar-refractivity contribution in [2.24, 2.45) is 0 Å². The molecule has 1 aliphatic rings. The Balaban J connectivity index is 1.75. The van der Waals surface area contributed by atoms with Gasteiger partial charge in [-0.2, -0.15) is 5.10 Å². The van der Waals surface area contributed by atoms with Crippen LogP contribution in [0, 0.1) is 6.92 Å². The molecule has 112 valence electrons. The van der Waals surface area contributed by atoms with Crippen molar-refractivity contribution in [3.8, 4) is 0 Å². The summed E-state index contributed by atoms with van der Waals surface area (Å²) in [5.74, 6) is 0.719. The van der Waals surface area contributed by atoms with Crippen LogP contribution in [0.2, 0.25) is 5.02 Å². The summed E-state index contributed by atoms with van der Waals surface area (Å²) in [6.45, 7) is 3.60. The Hall–Kier alpha value is -1.86. The normalized spacial score (nSPS) is 19.0. The number of aromatic amines is 1. The van der Waals surface area contributed by atoms with Crippen LogP contribution in [0.5, 0.6) is 0 Å². The molecule has 0 aromatic carbocycles. The molecule has 0 unspecified atom stereocenters. The van der Waals surface area contributed by atoms with Gasteiger partial charge >= 0.3 is 0 Å². The number of aryl methyl sites for hydroxylation is 1. The SMILES string of the molecule is Cc1cnc([C@H]2COCCN2C(=O)Cn2cc(Cl)cn2)[nH]1. The Labute approximate surface area is 126 Å². The van der Waals surface area contributed by atoms with E-state index in [1.165, 1.54) is 10.9 Å². The van der Waals surface area contributed by atoms with E-state index in [2.05, 4.69) is 15.1 Å². The molecule has 0 radical (unpaired) electrons. The third-order valence-corrected chi connectivity index (χ3v) is 3.58. The highest BCUT2D eigenvalue weighted by Gasteiger charge is 2.30. The van der Waals surface area contributed by atoms with Crippen LogP contribution in [0.3, 0.4) is 0 Å². The zero-order valence-corrected chi connectivity index (χ0v) is 12.4. The second-order valence-corrected chi connectivity index (χ2v) is 5.42. The summed E-state index contributed by atoms with van der Waals surface area (Å²) in [5.41, 5.74) is 0.960. The van der Waals surface area contributed by atoms with Gasteiger partial charge in [0.15, 0.2) is 0 Å². The molecular formula is C13H16ClN5O2. The van der Waals surface area contributed by atoms with Crippen LogP contribution >= 0.6 is 11.6 Å². The molecule has 1 fully saturated rings. The molecule has 8 heteroatoms. The lowest BCUT2D eigenvalue weighted by atomic mass is 10.2. The van der Waals surface area contributed by atoms with Crippen LogP contribution in [0.15, 0.2) is 18.6 Å². The average Bonchev–Trinajstić information content (AvgIpc) is 3.07. The van der Waals surface area contributed by atoms with Gasteiger partial charge in [0.25, 0.3) is 0 Å². The lowest BCUT2D eigenvalue weighted by Crippen LogP contribution is -2.45. The van der Waals surface area contributed by atoms with Crippen LogP contribution in [0.25, 0.3) is 0 Å². The van der Waals surface area contributed by atoms with Crippen molar-refractivity contribution in [3.63, 3.8) is 0 Å². The van der Waals surface area contributed by atoms with E-state index in [1.54, 1.807) is 17.3 Å². The number of amides is 1. The fourth-order valence-electron chi connectivity index (χ4n) is 2.39. The number of nitrogens with one attached hydrogen (secondary N) is 1. The van der Waals surface area contributed by atoms with Gasteiger partial charge in [-0.05, 0) is 6.92 Å². The largest absolute Gasteiger partial charge is 0.377 e. The van der Waals surface area contributed by atoms with Crippen molar-refractivity contribution in [3.05, 3.63) is 35.1 Å². The number of halogens is 1. The Kier molecular flexibility index (Phi) is 3.94. The molecule has 0 aliphatic carbocycles. The molecule has 1 amide bonds. The predicted octanol–water partition coefficient (Wildman–Crippen LogP) is 1.17. The maximum atomic E-state index is 12.5. The Morgan fingerprint density at radius 1 is 1.57 bits per heavy atom. The van der Waals surface area contributed by atoms with Gasteiger partial charge in [-0.15, -0.1) is 0 Å². The minimum Gasteiger partial charge on any atom is -0.377 e. The van der Waals surface area contributed by atoms with Gasteiger partial charge in [0.1, 0.15) is 18.4 Å². The van der Waals surface area contributed by atoms with Crippen molar-refractivity contribution >= 4 is 17.5 Å². The summed E-state index contributed by atoms with van der Waals surface area (Å²) >= 11 is 5.81. The van der Waals surface area contributed by atoms with E-state index < -0.39 is 0 Å². The second kappa shape index (κ2) is 5.87. The molecule has 1 aliphatic heterocycles. The first-order valence-electron chi connectivity index (χ1n) is 6.70. The third kappa shape index (κ3) is 3.08. The van der Waals surface area contributed by atoms with Crippen LogP contribution in [-0.2, 0) is 16.1 Å². The molecule has 1 atom stereocenters. The first-order valence-corrected chi connectivity index (χ1v) is 7.08. The van der Waals surface area contributed by atoms with E-state index in [9.17, 15) is 4.79 Å². The molecule has 1 saturated heterocycles. The van der Waals surface area contributed by atoms with Gasteiger partial charge in [0.2, 0.25) is 5.91 Å². The third-order valence-electron chi connectivity index (χ3n) is 3.39. The minimum atomic E-state index is -0.189. The first kappa shape index (κ1) is 14.1. The lowest BCUT2D eigenvalue weighted by Gasteiger charge is -2.34. The van der Waals surface area contributed by atoms with Crippen LogP contribution in [0.1, 0.15) is 17.6 Å². The quantitative estimate of drug-likeness (QED) is 0.923.